The maximum Gasteiger partial charge on any atom is 0.361 e. The highest BCUT2D eigenvalue weighted by Crippen LogP contribution is 2.09. The van der Waals surface area contributed by atoms with Crippen molar-refractivity contribution in [2.24, 2.45) is 0 Å². The second kappa shape index (κ2) is 3.77. The zero-order valence-corrected chi connectivity index (χ0v) is 8.94. The SMILES string of the molecule is CCn1cc(C(=O)OC(C)(C)C)nn1. The van der Waals surface area contributed by atoms with Gasteiger partial charge in [-0.25, -0.2) is 4.79 Å². The van der Waals surface area contributed by atoms with Crippen LogP contribution in [0.4, 0.5) is 0 Å². The Morgan fingerprint density at radius 2 is 2.21 bits per heavy atom. The van der Waals surface area contributed by atoms with Crippen LogP contribution in [0.3, 0.4) is 0 Å². The van der Waals surface area contributed by atoms with Gasteiger partial charge >= 0.3 is 5.97 Å². The van der Waals surface area contributed by atoms with E-state index in [1.165, 1.54) is 0 Å². The molecule has 1 rings (SSSR count). The fourth-order valence-electron chi connectivity index (χ4n) is 0.877. The Labute approximate surface area is 83.1 Å². The van der Waals surface area contributed by atoms with Gasteiger partial charge in [-0.05, 0) is 27.7 Å². The zero-order chi connectivity index (χ0) is 10.8. The molecule has 14 heavy (non-hydrogen) atoms. The van der Waals surface area contributed by atoms with Crippen molar-refractivity contribution in [1.82, 2.24) is 15.0 Å². The minimum absolute atomic E-state index is 0.252. The lowest BCUT2D eigenvalue weighted by Crippen LogP contribution is -2.24. The lowest BCUT2D eigenvalue weighted by atomic mass is 10.2. The molecule has 0 atom stereocenters. The summed E-state index contributed by atoms with van der Waals surface area (Å²) < 4.78 is 6.71. The average molecular weight is 197 g/mol. The lowest BCUT2D eigenvalue weighted by Gasteiger charge is -2.18. The van der Waals surface area contributed by atoms with Gasteiger partial charge in [-0.3, -0.25) is 4.68 Å². The molecule has 0 aliphatic heterocycles. The number of carbonyl (C=O) groups is 1. The Balaban J connectivity index is 2.70. The van der Waals surface area contributed by atoms with Crippen molar-refractivity contribution in [2.45, 2.75) is 39.8 Å². The third kappa shape index (κ3) is 2.83. The van der Waals surface area contributed by atoms with Gasteiger partial charge in [0.2, 0.25) is 0 Å². The number of hydrogen-bond acceptors (Lipinski definition) is 4. The molecule has 0 bridgehead atoms. The Kier molecular flexibility index (Phi) is 2.88. The molecule has 1 aromatic rings. The summed E-state index contributed by atoms with van der Waals surface area (Å²) in [6, 6.07) is 0. The van der Waals surface area contributed by atoms with Crippen molar-refractivity contribution in [2.75, 3.05) is 0 Å². The van der Waals surface area contributed by atoms with Gasteiger partial charge in [0.15, 0.2) is 5.69 Å². The highest BCUT2D eigenvalue weighted by molar-refractivity contribution is 5.86. The van der Waals surface area contributed by atoms with Gasteiger partial charge in [0.05, 0.1) is 6.20 Å². The minimum Gasteiger partial charge on any atom is -0.455 e. The Morgan fingerprint density at radius 1 is 1.57 bits per heavy atom. The Hall–Kier alpha value is -1.39. The third-order valence-corrected chi connectivity index (χ3v) is 1.47. The van der Waals surface area contributed by atoms with Gasteiger partial charge in [0.25, 0.3) is 0 Å². The molecule has 0 unspecified atom stereocenters. The summed E-state index contributed by atoms with van der Waals surface area (Å²) in [5.41, 5.74) is -0.241. The van der Waals surface area contributed by atoms with Gasteiger partial charge in [0, 0.05) is 6.54 Å². The van der Waals surface area contributed by atoms with E-state index in [2.05, 4.69) is 10.3 Å². The number of aryl methyl sites for hydroxylation is 1. The number of hydrogen-bond donors (Lipinski definition) is 0. The van der Waals surface area contributed by atoms with E-state index in [1.54, 1.807) is 10.9 Å². The van der Waals surface area contributed by atoms with Crippen molar-refractivity contribution < 1.29 is 9.53 Å². The predicted molar refractivity (Wildman–Crippen MR) is 50.9 cm³/mol. The van der Waals surface area contributed by atoms with E-state index in [0.29, 0.717) is 6.54 Å². The Morgan fingerprint density at radius 3 is 2.64 bits per heavy atom. The molecule has 0 amide bonds. The van der Waals surface area contributed by atoms with Crippen LogP contribution in [0.5, 0.6) is 0 Å². The molecule has 0 N–H and O–H groups in total. The Bertz CT molecular complexity index is 325. The number of esters is 1. The lowest BCUT2D eigenvalue weighted by molar-refractivity contribution is 0.00627. The minimum atomic E-state index is -0.493. The summed E-state index contributed by atoms with van der Waals surface area (Å²) in [5.74, 6) is -0.433. The van der Waals surface area contributed by atoms with E-state index in [4.69, 9.17) is 4.74 Å². The van der Waals surface area contributed by atoms with E-state index in [0.717, 1.165) is 0 Å². The molecule has 0 radical (unpaired) electrons. The van der Waals surface area contributed by atoms with Crippen molar-refractivity contribution in [1.29, 1.82) is 0 Å². The van der Waals surface area contributed by atoms with Crippen LogP contribution in [0.15, 0.2) is 6.20 Å². The largest absolute Gasteiger partial charge is 0.455 e. The molecular weight excluding hydrogens is 182 g/mol. The molecule has 0 aromatic carbocycles. The number of carbonyl (C=O) groups excluding carboxylic acids is 1. The fourth-order valence-corrected chi connectivity index (χ4v) is 0.877. The van der Waals surface area contributed by atoms with Crippen molar-refractivity contribution in [3.8, 4) is 0 Å². The number of rotatable bonds is 2. The molecule has 0 aliphatic rings. The van der Waals surface area contributed by atoms with Crippen LogP contribution in [0.2, 0.25) is 0 Å². The van der Waals surface area contributed by atoms with Gasteiger partial charge in [0.1, 0.15) is 5.60 Å². The molecule has 5 nitrogen and oxygen atoms in total. The third-order valence-electron chi connectivity index (χ3n) is 1.47. The summed E-state index contributed by atoms with van der Waals surface area (Å²) in [6.45, 7) is 8.06. The van der Waals surface area contributed by atoms with Crippen molar-refractivity contribution >= 4 is 5.97 Å². The van der Waals surface area contributed by atoms with Crippen LogP contribution in [0.25, 0.3) is 0 Å². The second-order valence-corrected chi connectivity index (χ2v) is 3.96. The van der Waals surface area contributed by atoms with Crippen LogP contribution in [-0.4, -0.2) is 26.6 Å². The van der Waals surface area contributed by atoms with Crippen LogP contribution in [0.1, 0.15) is 38.2 Å². The highest BCUT2D eigenvalue weighted by atomic mass is 16.6. The first-order valence-corrected chi connectivity index (χ1v) is 4.56. The number of ether oxygens (including phenoxy) is 1. The quantitative estimate of drug-likeness (QED) is 0.669. The van der Waals surface area contributed by atoms with Crippen molar-refractivity contribution in [3.63, 3.8) is 0 Å². The van der Waals surface area contributed by atoms with E-state index in [9.17, 15) is 4.79 Å². The van der Waals surface area contributed by atoms with E-state index < -0.39 is 11.6 Å². The van der Waals surface area contributed by atoms with E-state index in [-0.39, 0.29) is 5.69 Å². The summed E-state index contributed by atoms with van der Waals surface area (Å²) in [6.07, 6.45) is 1.58. The molecule has 0 saturated carbocycles. The highest BCUT2D eigenvalue weighted by Gasteiger charge is 2.20. The molecule has 0 fully saturated rings. The van der Waals surface area contributed by atoms with Gasteiger partial charge in [-0.1, -0.05) is 5.21 Å². The first-order chi connectivity index (χ1) is 6.42. The summed E-state index contributed by atoms with van der Waals surface area (Å²) >= 11 is 0. The summed E-state index contributed by atoms with van der Waals surface area (Å²) in [5, 5.41) is 7.46. The standard InChI is InChI=1S/C9H15N3O2/c1-5-12-6-7(10-11-12)8(13)14-9(2,3)4/h6H,5H2,1-4H3. The molecule has 1 heterocycles. The zero-order valence-electron chi connectivity index (χ0n) is 8.94. The first-order valence-electron chi connectivity index (χ1n) is 4.56. The molecule has 5 heteroatoms. The van der Waals surface area contributed by atoms with E-state index in [1.807, 2.05) is 27.7 Å². The second-order valence-electron chi connectivity index (χ2n) is 3.96. The summed E-state index contributed by atoms with van der Waals surface area (Å²) in [7, 11) is 0. The summed E-state index contributed by atoms with van der Waals surface area (Å²) in [4.78, 5) is 11.5. The monoisotopic (exact) mass is 197 g/mol. The number of nitrogens with zero attached hydrogens (tertiary/aromatic N) is 3. The molecule has 1 aromatic heterocycles. The van der Waals surface area contributed by atoms with Gasteiger partial charge < -0.3 is 4.74 Å². The predicted octanol–water partition coefficient (Wildman–Crippen LogP) is 1.25. The topological polar surface area (TPSA) is 57.0 Å². The first kappa shape index (κ1) is 10.7. The number of aromatic nitrogens is 3. The molecule has 0 spiro atoms. The van der Waals surface area contributed by atoms with Crippen LogP contribution < -0.4 is 0 Å². The van der Waals surface area contributed by atoms with Gasteiger partial charge in [-0.15, -0.1) is 5.10 Å². The van der Waals surface area contributed by atoms with Crippen molar-refractivity contribution in [3.05, 3.63) is 11.9 Å². The van der Waals surface area contributed by atoms with Gasteiger partial charge in [-0.2, -0.15) is 0 Å². The molecule has 0 aliphatic carbocycles. The van der Waals surface area contributed by atoms with Crippen LogP contribution in [0, 0.1) is 0 Å². The molecular formula is C9H15N3O2. The van der Waals surface area contributed by atoms with E-state index >= 15 is 0 Å². The average Bonchev–Trinajstić information content (AvgIpc) is 2.48. The maximum atomic E-state index is 11.5. The van der Waals surface area contributed by atoms with Crippen LogP contribution >= 0.6 is 0 Å². The van der Waals surface area contributed by atoms with Crippen LogP contribution in [-0.2, 0) is 11.3 Å². The molecule has 78 valence electrons. The fraction of sp³-hybridized carbons (Fsp3) is 0.667. The molecule has 0 saturated heterocycles. The smallest absolute Gasteiger partial charge is 0.361 e. The normalized spacial score (nSPS) is 11.4. The maximum absolute atomic E-state index is 11.5.